The number of hydrogen-bond donors (Lipinski definition) is 1. The van der Waals surface area contributed by atoms with Gasteiger partial charge in [0.25, 0.3) is 11.7 Å². The largest absolute Gasteiger partial charge is 0.338 e. The third-order valence-corrected chi connectivity index (χ3v) is 5.22. The Labute approximate surface area is 137 Å². The van der Waals surface area contributed by atoms with Gasteiger partial charge in [-0.05, 0) is 38.7 Å². The zero-order chi connectivity index (χ0) is 15.9. The lowest BCUT2D eigenvalue weighted by atomic mass is 10.1. The number of hydrogen-bond acceptors (Lipinski definition) is 3. The quantitative estimate of drug-likeness (QED) is 0.886. The fourth-order valence-corrected chi connectivity index (χ4v) is 3.98. The number of rotatable bonds is 2. The van der Waals surface area contributed by atoms with Gasteiger partial charge in [0.2, 0.25) is 0 Å². The maximum atomic E-state index is 13.2. The number of quaternary nitrogens is 1. The first-order valence-electron chi connectivity index (χ1n) is 8.77. The van der Waals surface area contributed by atoms with Gasteiger partial charge in [-0.3, -0.25) is 9.69 Å². The van der Waals surface area contributed by atoms with Crippen molar-refractivity contribution in [2.75, 3.05) is 31.3 Å². The average Bonchev–Trinajstić information content (AvgIpc) is 2.79. The Morgan fingerprint density at radius 3 is 2.83 bits per heavy atom. The predicted octanol–water partition coefficient (Wildman–Crippen LogP) is 1.04. The number of para-hydroxylation sites is 1. The molecule has 3 aliphatic heterocycles. The summed E-state index contributed by atoms with van der Waals surface area (Å²) in [4.78, 5) is 16.6. The molecule has 5 nitrogen and oxygen atoms in total. The van der Waals surface area contributed by atoms with E-state index in [1.54, 1.807) is 0 Å². The second-order valence-electron chi connectivity index (χ2n) is 6.90. The van der Waals surface area contributed by atoms with E-state index in [4.69, 9.17) is 9.47 Å². The first-order chi connectivity index (χ1) is 11.2. The Kier molecular flexibility index (Phi) is 3.87. The van der Waals surface area contributed by atoms with Crippen LogP contribution >= 0.6 is 0 Å². The van der Waals surface area contributed by atoms with Crippen LogP contribution in [0.25, 0.3) is 0 Å². The highest BCUT2D eigenvalue weighted by Crippen LogP contribution is 2.45. The van der Waals surface area contributed by atoms with E-state index in [-0.39, 0.29) is 12.0 Å². The van der Waals surface area contributed by atoms with Gasteiger partial charge in [-0.25, -0.2) is 0 Å². The Hall–Kier alpha value is -1.43. The molecule has 3 heterocycles. The molecule has 0 bridgehead atoms. The molecule has 2 fully saturated rings. The highest BCUT2D eigenvalue weighted by atomic mass is 16.7. The Bertz CT molecular complexity index is 600. The highest BCUT2D eigenvalue weighted by molar-refractivity contribution is 6.05. The van der Waals surface area contributed by atoms with Crippen LogP contribution in [0.5, 0.6) is 0 Å². The number of piperidine rings is 1. The number of fused-ring (bicyclic) bond motifs is 2. The minimum Gasteiger partial charge on any atom is -0.338 e. The summed E-state index contributed by atoms with van der Waals surface area (Å²) in [6, 6.07) is 7.92. The highest BCUT2D eigenvalue weighted by Gasteiger charge is 2.56. The summed E-state index contributed by atoms with van der Waals surface area (Å²) in [7, 11) is 0. The molecule has 1 amide bonds. The SMILES string of the molecule is C[C@@H]1CCO[C@]2(O1)C(=O)N(C[NH+]1CCCCC1)c1ccccc12. The predicted molar refractivity (Wildman–Crippen MR) is 86.1 cm³/mol. The molecule has 1 aromatic rings. The van der Waals surface area contributed by atoms with E-state index in [1.165, 1.54) is 24.2 Å². The van der Waals surface area contributed by atoms with Crippen molar-refractivity contribution in [2.45, 2.75) is 44.5 Å². The molecule has 5 heteroatoms. The summed E-state index contributed by atoms with van der Waals surface area (Å²) in [5.41, 5.74) is 1.82. The van der Waals surface area contributed by atoms with Crippen molar-refractivity contribution in [3.05, 3.63) is 29.8 Å². The van der Waals surface area contributed by atoms with Gasteiger partial charge in [-0.1, -0.05) is 18.2 Å². The second kappa shape index (κ2) is 5.89. The summed E-state index contributed by atoms with van der Waals surface area (Å²) in [5.74, 6) is -1.27. The van der Waals surface area contributed by atoms with Gasteiger partial charge >= 0.3 is 0 Å². The molecule has 1 spiro atoms. The van der Waals surface area contributed by atoms with Gasteiger partial charge in [0.1, 0.15) is 0 Å². The molecule has 4 rings (SSSR count). The molecule has 3 aliphatic rings. The normalized spacial score (nSPS) is 31.6. The van der Waals surface area contributed by atoms with Crippen molar-refractivity contribution in [1.82, 2.24) is 0 Å². The van der Waals surface area contributed by atoms with Crippen LogP contribution in [0.3, 0.4) is 0 Å². The number of nitrogens with zero attached hydrogens (tertiary/aromatic N) is 1. The van der Waals surface area contributed by atoms with Crippen LogP contribution in [-0.4, -0.2) is 38.4 Å². The lowest BCUT2D eigenvalue weighted by Gasteiger charge is -2.36. The number of likely N-dealkylation sites (tertiary alicyclic amines) is 1. The summed E-state index contributed by atoms with van der Waals surface area (Å²) >= 11 is 0. The Morgan fingerprint density at radius 2 is 2.04 bits per heavy atom. The van der Waals surface area contributed by atoms with E-state index in [0.29, 0.717) is 13.3 Å². The van der Waals surface area contributed by atoms with E-state index >= 15 is 0 Å². The molecule has 2 saturated heterocycles. The molecule has 0 radical (unpaired) electrons. The number of carbonyl (C=O) groups excluding carboxylic acids is 1. The lowest BCUT2D eigenvalue weighted by Crippen LogP contribution is -3.14. The van der Waals surface area contributed by atoms with Gasteiger partial charge < -0.3 is 14.4 Å². The maximum Gasteiger partial charge on any atom is 0.296 e. The Balaban J connectivity index is 1.67. The van der Waals surface area contributed by atoms with Crippen molar-refractivity contribution in [3.63, 3.8) is 0 Å². The first kappa shape index (κ1) is 15.1. The van der Waals surface area contributed by atoms with E-state index in [9.17, 15) is 4.79 Å². The van der Waals surface area contributed by atoms with Crippen LogP contribution in [0.15, 0.2) is 24.3 Å². The van der Waals surface area contributed by atoms with Crippen LogP contribution in [0.4, 0.5) is 5.69 Å². The van der Waals surface area contributed by atoms with Crippen LogP contribution in [0.1, 0.15) is 38.2 Å². The van der Waals surface area contributed by atoms with Gasteiger partial charge in [-0.2, -0.15) is 0 Å². The van der Waals surface area contributed by atoms with Crippen LogP contribution in [0.2, 0.25) is 0 Å². The van der Waals surface area contributed by atoms with Crippen molar-refractivity contribution in [2.24, 2.45) is 0 Å². The van der Waals surface area contributed by atoms with E-state index in [2.05, 4.69) is 0 Å². The molecular weight excluding hydrogens is 292 g/mol. The maximum absolute atomic E-state index is 13.2. The van der Waals surface area contributed by atoms with Crippen LogP contribution in [-0.2, 0) is 20.1 Å². The van der Waals surface area contributed by atoms with Crippen LogP contribution < -0.4 is 9.80 Å². The number of amides is 1. The Morgan fingerprint density at radius 1 is 1.26 bits per heavy atom. The molecule has 2 atom stereocenters. The summed E-state index contributed by atoms with van der Waals surface area (Å²) in [5, 5.41) is 0. The van der Waals surface area contributed by atoms with Gasteiger partial charge in [0.05, 0.1) is 31.5 Å². The fraction of sp³-hybridized carbons (Fsp3) is 0.611. The zero-order valence-electron chi connectivity index (χ0n) is 13.7. The third kappa shape index (κ3) is 2.47. The molecule has 0 aromatic heterocycles. The topological polar surface area (TPSA) is 43.2 Å². The average molecular weight is 317 g/mol. The number of ether oxygens (including phenoxy) is 2. The second-order valence-corrected chi connectivity index (χ2v) is 6.90. The zero-order valence-corrected chi connectivity index (χ0v) is 13.7. The molecular formula is C18H25N2O3+. The van der Waals surface area contributed by atoms with E-state index in [0.717, 1.165) is 30.8 Å². The molecule has 0 saturated carbocycles. The molecule has 0 aliphatic carbocycles. The number of anilines is 1. The molecule has 0 unspecified atom stereocenters. The van der Waals surface area contributed by atoms with Crippen LogP contribution in [0, 0.1) is 0 Å². The summed E-state index contributed by atoms with van der Waals surface area (Å²) in [6.07, 6.45) is 4.65. The first-order valence-corrected chi connectivity index (χ1v) is 8.77. The molecule has 124 valence electrons. The smallest absolute Gasteiger partial charge is 0.296 e. The van der Waals surface area contributed by atoms with E-state index < -0.39 is 5.79 Å². The molecule has 1 N–H and O–H groups in total. The van der Waals surface area contributed by atoms with Crippen molar-refractivity contribution in [1.29, 1.82) is 0 Å². The minimum atomic E-state index is -1.22. The van der Waals surface area contributed by atoms with Crippen molar-refractivity contribution < 1.29 is 19.2 Å². The number of benzene rings is 1. The summed E-state index contributed by atoms with van der Waals surface area (Å²) < 4.78 is 12.0. The fourth-order valence-electron chi connectivity index (χ4n) is 3.98. The molecule has 23 heavy (non-hydrogen) atoms. The third-order valence-electron chi connectivity index (χ3n) is 5.22. The number of carbonyl (C=O) groups is 1. The van der Waals surface area contributed by atoms with Gasteiger partial charge in [-0.15, -0.1) is 0 Å². The van der Waals surface area contributed by atoms with Crippen molar-refractivity contribution in [3.8, 4) is 0 Å². The molecule has 1 aromatic carbocycles. The summed E-state index contributed by atoms with van der Waals surface area (Å²) in [6.45, 7) is 5.55. The van der Waals surface area contributed by atoms with Gasteiger partial charge in [0.15, 0.2) is 6.67 Å². The lowest BCUT2D eigenvalue weighted by molar-refractivity contribution is -0.903. The minimum absolute atomic E-state index is 0.0306. The monoisotopic (exact) mass is 317 g/mol. The van der Waals surface area contributed by atoms with Crippen molar-refractivity contribution >= 4 is 11.6 Å². The number of nitrogens with one attached hydrogen (secondary N) is 1. The van der Waals surface area contributed by atoms with Gasteiger partial charge in [0, 0.05) is 5.56 Å². The van der Waals surface area contributed by atoms with E-state index in [1.807, 2.05) is 36.1 Å². The standard InChI is InChI=1S/C18H24N2O3/c1-14-9-12-22-18(23-14)15-7-3-4-8-16(15)20(17(18)21)13-19-10-5-2-6-11-19/h3-4,7-8,14H,2,5-6,9-13H2,1H3/p+1/t14-,18-/m1/s1.